The molecule has 0 bridgehead atoms. The van der Waals surface area contributed by atoms with Gasteiger partial charge in [-0.3, -0.25) is 14.4 Å². The topological polar surface area (TPSA) is 78.9 Å². The number of rotatable bonds is 42. The van der Waals surface area contributed by atoms with Crippen LogP contribution in [-0.2, 0) is 28.6 Å². The molecule has 0 aromatic rings. The van der Waals surface area contributed by atoms with Crippen molar-refractivity contribution >= 4 is 17.9 Å². The van der Waals surface area contributed by atoms with Gasteiger partial charge in [0.2, 0.25) is 0 Å². The lowest BCUT2D eigenvalue weighted by Gasteiger charge is -2.18. The molecular formula is C47H90O6. The van der Waals surface area contributed by atoms with Gasteiger partial charge in [-0.25, -0.2) is 0 Å². The monoisotopic (exact) mass is 751 g/mol. The Hall–Kier alpha value is -1.59. The number of hydrogen-bond acceptors (Lipinski definition) is 6. The summed E-state index contributed by atoms with van der Waals surface area (Å²) >= 11 is 0. The van der Waals surface area contributed by atoms with Gasteiger partial charge in [0.15, 0.2) is 6.10 Å². The maximum atomic E-state index is 12.7. The summed E-state index contributed by atoms with van der Waals surface area (Å²) in [5.74, 6) is -0.0312. The molecule has 0 radical (unpaired) electrons. The third-order valence-electron chi connectivity index (χ3n) is 10.5. The van der Waals surface area contributed by atoms with E-state index in [1.54, 1.807) is 0 Å². The minimum atomic E-state index is -0.758. The molecule has 0 aliphatic carbocycles. The molecule has 6 nitrogen and oxygen atoms in total. The van der Waals surface area contributed by atoms with Crippen molar-refractivity contribution in [3.8, 4) is 0 Å². The fourth-order valence-corrected chi connectivity index (χ4v) is 6.98. The molecule has 0 N–H and O–H groups in total. The van der Waals surface area contributed by atoms with Gasteiger partial charge in [-0.15, -0.1) is 0 Å². The third-order valence-corrected chi connectivity index (χ3v) is 10.5. The highest BCUT2D eigenvalue weighted by atomic mass is 16.6. The van der Waals surface area contributed by atoms with Crippen LogP contribution in [0.2, 0.25) is 0 Å². The van der Waals surface area contributed by atoms with E-state index in [0.29, 0.717) is 19.3 Å². The van der Waals surface area contributed by atoms with Gasteiger partial charge >= 0.3 is 17.9 Å². The first-order valence-electron chi connectivity index (χ1n) is 23.4. The van der Waals surface area contributed by atoms with Crippen LogP contribution in [0.4, 0.5) is 0 Å². The number of carbonyl (C=O) groups excluding carboxylic acids is 3. The van der Waals surface area contributed by atoms with Crippen molar-refractivity contribution in [1.29, 1.82) is 0 Å². The van der Waals surface area contributed by atoms with Crippen molar-refractivity contribution in [1.82, 2.24) is 0 Å². The number of hydrogen-bond donors (Lipinski definition) is 0. The van der Waals surface area contributed by atoms with Crippen LogP contribution in [0.1, 0.15) is 259 Å². The Morgan fingerprint density at radius 1 is 0.358 bits per heavy atom. The van der Waals surface area contributed by atoms with Crippen LogP contribution in [0, 0.1) is 5.92 Å². The molecule has 0 fully saturated rings. The Bertz CT molecular complexity index is 796. The molecule has 0 aromatic heterocycles. The Morgan fingerprint density at radius 2 is 0.623 bits per heavy atom. The van der Waals surface area contributed by atoms with Gasteiger partial charge in [0, 0.05) is 19.3 Å². The van der Waals surface area contributed by atoms with Gasteiger partial charge in [-0.1, -0.05) is 220 Å². The van der Waals surface area contributed by atoms with Gasteiger partial charge in [-0.2, -0.15) is 0 Å². The molecule has 0 unspecified atom stereocenters. The normalized spacial score (nSPS) is 11.9. The zero-order chi connectivity index (χ0) is 38.9. The Labute approximate surface area is 329 Å². The molecule has 6 heteroatoms. The number of unbranched alkanes of at least 4 members (excludes halogenated alkanes) is 29. The quantitative estimate of drug-likeness (QED) is 0.0351. The minimum Gasteiger partial charge on any atom is -0.462 e. The molecule has 0 aromatic carbocycles. The first kappa shape index (κ1) is 51.4. The molecule has 0 saturated carbocycles. The fourth-order valence-electron chi connectivity index (χ4n) is 6.98. The molecule has 0 aliphatic heterocycles. The molecule has 0 heterocycles. The molecule has 314 valence electrons. The van der Waals surface area contributed by atoms with Crippen LogP contribution in [0.5, 0.6) is 0 Å². The predicted molar refractivity (Wildman–Crippen MR) is 224 cm³/mol. The average Bonchev–Trinajstić information content (AvgIpc) is 3.14. The van der Waals surface area contributed by atoms with Crippen molar-refractivity contribution in [3.05, 3.63) is 0 Å². The number of ether oxygens (including phenoxy) is 3. The van der Waals surface area contributed by atoms with E-state index >= 15 is 0 Å². The number of carbonyl (C=O) groups is 3. The lowest BCUT2D eigenvalue weighted by Crippen LogP contribution is -2.30. The van der Waals surface area contributed by atoms with Crippen molar-refractivity contribution in [3.63, 3.8) is 0 Å². The average molecular weight is 751 g/mol. The minimum absolute atomic E-state index is 0.0640. The van der Waals surface area contributed by atoms with E-state index in [0.717, 1.165) is 63.7 Å². The first-order valence-corrected chi connectivity index (χ1v) is 23.4. The third kappa shape index (κ3) is 41.4. The predicted octanol–water partition coefficient (Wildman–Crippen LogP) is 14.7. The van der Waals surface area contributed by atoms with Crippen molar-refractivity contribution < 1.29 is 28.6 Å². The first-order chi connectivity index (χ1) is 25.9. The van der Waals surface area contributed by atoms with Crippen molar-refractivity contribution in [2.45, 2.75) is 265 Å². The summed E-state index contributed by atoms with van der Waals surface area (Å²) in [6.45, 7) is 8.96. The van der Waals surface area contributed by atoms with Crippen LogP contribution in [0.3, 0.4) is 0 Å². The van der Waals surface area contributed by atoms with Crippen LogP contribution in [0.15, 0.2) is 0 Å². The van der Waals surface area contributed by atoms with Crippen LogP contribution in [0.25, 0.3) is 0 Å². The van der Waals surface area contributed by atoms with E-state index in [9.17, 15) is 14.4 Å². The van der Waals surface area contributed by atoms with Crippen molar-refractivity contribution in [2.75, 3.05) is 13.2 Å². The molecule has 0 saturated heterocycles. The van der Waals surface area contributed by atoms with Gasteiger partial charge < -0.3 is 14.2 Å². The van der Waals surface area contributed by atoms with E-state index in [1.807, 2.05) is 0 Å². The van der Waals surface area contributed by atoms with Crippen LogP contribution in [-0.4, -0.2) is 37.2 Å². The van der Waals surface area contributed by atoms with E-state index in [2.05, 4.69) is 27.7 Å². The van der Waals surface area contributed by atoms with Crippen molar-refractivity contribution in [2.24, 2.45) is 5.92 Å². The molecular weight excluding hydrogens is 661 g/mol. The summed E-state index contributed by atoms with van der Waals surface area (Å²) in [6.07, 6.45) is 40.9. The van der Waals surface area contributed by atoms with Crippen LogP contribution < -0.4 is 0 Å². The Balaban J connectivity index is 4.25. The second-order valence-corrected chi connectivity index (χ2v) is 16.5. The van der Waals surface area contributed by atoms with Gasteiger partial charge in [-0.05, 0) is 25.2 Å². The van der Waals surface area contributed by atoms with Gasteiger partial charge in [0.25, 0.3) is 0 Å². The van der Waals surface area contributed by atoms with Gasteiger partial charge in [0.1, 0.15) is 13.2 Å². The van der Waals surface area contributed by atoms with Crippen LogP contribution >= 0.6 is 0 Å². The zero-order valence-electron chi connectivity index (χ0n) is 36.0. The smallest absolute Gasteiger partial charge is 0.306 e. The fraction of sp³-hybridized carbons (Fsp3) is 0.936. The molecule has 53 heavy (non-hydrogen) atoms. The SMILES string of the molecule is CCCCCCCCCCCCCCCCC(=O)O[C@H](COC(=O)CCCCCCCCC)COC(=O)CCCCCCCCCCCCCC(C)C. The zero-order valence-corrected chi connectivity index (χ0v) is 36.0. The summed E-state index contributed by atoms with van der Waals surface area (Å²) in [4.78, 5) is 37.6. The second-order valence-electron chi connectivity index (χ2n) is 16.5. The highest BCUT2D eigenvalue weighted by Crippen LogP contribution is 2.16. The maximum absolute atomic E-state index is 12.7. The summed E-state index contributed by atoms with van der Waals surface area (Å²) in [6, 6.07) is 0. The molecule has 0 spiro atoms. The molecule has 0 rings (SSSR count). The summed E-state index contributed by atoms with van der Waals surface area (Å²) < 4.78 is 16.7. The Kier molecular flexibility index (Phi) is 40.3. The number of esters is 3. The standard InChI is InChI=1S/C47H90O6/c1-5-7-9-11-13-14-15-16-17-20-24-28-32-36-40-47(50)53-44(41-51-45(48)38-34-30-25-12-10-8-6-2)42-52-46(49)39-35-31-27-23-21-18-19-22-26-29-33-37-43(3)4/h43-44H,5-42H2,1-4H3/t44-/m1/s1. The molecule has 0 amide bonds. The lowest BCUT2D eigenvalue weighted by molar-refractivity contribution is -0.167. The maximum Gasteiger partial charge on any atom is 0.306 e. The summed E-state index contributed by atoms with van der Waals surface area (Å²) in [5.41, 5.74) is 0. The van der Waals surface area contributed by atoms with Gasteiger partial charge in [0.05, 0.1) is 0 Å². The van der Waals surface area contributed by atoms with E-state index in [4.69, 9.17) is 14.2 Å². The summed E-state index contributed by atoms with van der Waals surface area (Å²) in [5, 5.41) is 0. The molecule has 1 atom stereocenters. The second kappa shape index (κ2) is 41.6. The highest BCUT2D eigenvalue weighted by molar-refractivity contribution is 5.71. The lowest BCUT2D eigenvalue weighted by atomic mass is 10.0. The van der Waals surface area contributed by atoms with E-state index < -0.39 is 6.10 Å². The summed E-state index contributed by atoms with van der Waals surface area (Å²) in [7, 11) is 0. The highest BCUT2D eigenvalue weighted by Gasteiger charge is 2.19. The van der Waals surface area contributed by atoms with E-state index in [1.165, 1.54) is 154 Å². The largest absolute Gasteiger partial charge is 0.462 e. The van der Waals surface area contributed by atoms with E-state index in [-0.39, 0.29) is 31.1 Å². The molecule has 0 aliphatic rings. The Morgan fingerprint density at radius 3 is 0.925 bits per heavy atom.